The number of hydrogen-bond donors (Lipinski definition) is 1. The Hall–Kier alpha value is -1.24. The number of aromatic amines is 1. The molecule has 0 spiro atoms. The van der Waals surface area contributed by atoms with Crippen LogP contribution in [0.1, 0.15) is 38.4 Å². The molecule has 3 rings (SSSR count). The summed E-state index contributed by atoms with van der Waals surface area (Å²) in [7, 11) is 0. The first kappa shape index (κ1) is 9.95. The summed E-state index contributed by atoms with van der Waals surface area (Å²) in [6, 6.07) is 8.69. The van der Waals surface area contributed by atoms with Crippen LogP contribution in [0.3, 0.4) is 0 Å². The van der Waals surface area contributed by atoms with Crippen LogP contribution in [0.2, 0.25) is 0 Å². The van der Waals surface area contributed by atoms with E-state index >= 15 is 0 Å². The zero-order valence-electron chi connectivity index (χ0n) is 10.3. The third-order valence-electron chi connectivity index (χ3n) is 4.52. The molecule has 0 saturated heterocycles. The number of H-pyrrole nitrogens is 1. The SMILES string of the molecule is CC1CCc2c([nH]c3ccccc23)C1(C)C. The molecule has 1 heterocycles. The molecule has 16 heavy (non-hydrogen) atoms. The molecular weight excluding hydrogens is 194 g/mol. The molecule has 1 aliphatic carbocycles. The van der Waals surface area contributed by atoms with Crippen molar-refractivity contribution >= 4 is 10.9 Å². The normalized spacial score (nSPS) is 23.3. The van der Waals surface area contributed by atoms with E-state index in [2.05, 4.69) is 50.0 Å². The maximum absolute atomic E-state index is 3.64. The molecule has 1 heteroatoms. The largest absolute Gasteiger partial charge is 0.358 e. The number of nitrogens with one attached hydrogen (secondary N) is 1. The van der Waals surface area contributed by atoms with Crippen LogP contribution in [0, 0.1) is 5.92 Å². The van der Waals surface area contributed by atoms with Crippen molar-refractivity contribution in [3.8, 4) is 0 Å². The molecule has 1 aromatic carbocycles. The molecule has 0 aliphatic heterocycles. The van der Waals surface area contributed by atoms with Gasteiger partial charge in [0.25, 0.3) is 0 Å². The van der Waals surface area contributed by atoms with E-state index in [4.69, 9.17) is 0 Å². The molecule has 1 unspecified atom stereocenters. The second-order valence-electron chi connectivity index (χ2n) is 5.69. The van der Waals surface area contributed by atoms with Gasteiger partial charge in [0.1, 0.15) is 0 Å². The van der Waals surface area contributed by atoms with Gasteiger partial charge in [0.05, 0.1) is 0 Å². The van der Waals surface area contributed by atoms with Crippen LogP contribution >= 0.6 is 0 Å². The summed E-state index contributed by atoms with van der Waals surface area (Å²) < 4.78 is 0. The molecule has 0 bridgehead atoms. The fourth-order valence-electron chi connectivity index (χ4n) is 2.98. The van der Waals surface area contributed by atoms with Crippen molar-refractivity contribution in [1.82, 2.24) is 4.98 Å². The highest BCUT2D eigenvalue weighted by atomic mass is 14.8. The molecule has 1 nitrogen and oxygen atoms in total. The lowest BCUT2D eigenvalue weighted by atomic mass is 9.69. The van der Waals surface area contributed by atoms with E-state index in [9.17, 15) is 0 Å². The van der Waals surface area contributed by atoms with E-state index < -0.39 is 0 Å². The van der Waals surface area contributed by atoms with Gasteiger partial charge in [-0.25, -0.2) is 0 Å². The summed E-state index contributed by atoms with van der Waals surface area (Å²) in [5, 5.41) is 1.43. The van der Waals surface area contributed by atoms with Gasteiger partial charge in [-0.2, -0.15) is 0 Å². The number of fused-ring (bicyclic) bond motifs is 3. The van der Waals surface area contributed by atoms with E-state index in [1.54, 1.807) is 5.56 Å². The number of aryl methyl sites for hydroxylation is 1. The number of benzene rings is 1. The molecule has 0 saturated carbocycles. The summed E-state index contributed by atoms with van der Waals surface area (Å²) in [6.45, 7) is 7.10. The van der Waals surface area contributed by atoms with Gasteiger partial charge >= 0.3 is 0 Å². The van der Waals surface area contributed by atoms with Crippen molar-refractivity contribution < 1.29 is 0 Å². The van der Waals surface area contributed by atoms with Gasteiger partial charge in [0.15, 0.2) is 0 Å². The molecule has 2 aromatic rings. The number of rotatable bonds is 0. The minimum absolute atomic E-state index is 0.284. The van der Waals surface area contributed by atoms with E-state index in [1.807, 2.05) is 0 Å². The minimum atomic E-state index is 0.284. The highest BCUT2D eigenvalue weighted by Gasteiger charge is 2.35. The van der Waals surface area contributed by atoms with Crippen LogP contribution in [0.25, 0.3) is 10.9 Å². The Bertz CT molecular complexity index is 533. The highest BCUT2D eigenvalue weighted by Crippen LogP contribution is 2.43. The Morgan fingerprint density at radius 3 is 2.81 bits per heavy atom. The van der Waals surface area contributed by atoms with Crippen molar-refractivity contribution in [1.29, 1.82) is 0 Å². The van der Waals surface area contributed by atoms with Gasteiger partial charge in [0.2, 0.25) is 0 Å². The van der Waals surface area contributed by atoms with Crippen LogP contribution in [0.4, 0.5) is 0 Å². The molecule has 0 amide bonds. The number of aromatic nitrogens is 1. The molecule has 1 N–H and O–H groups in total. The topological polar surface area (TPSA) is 15.8 Å². The number of para-hydroxylation sites is 1. The summed E-state index contributed by atoms with van der Waals surface area (Å²) in [5.74, 6) is 0.757. The van der Waals surface area contributed by atoms with E-state index in [0.29, 0.717) is 0 Å². The van der Waals surface area contributed by atoms with Crippen LogP contribution in [0.5, 0.6) is 0 Å². The summed E-state index contributed by atoms with van der Waals surface area (Å²) in [6.07, 6.45) is 2.53. The zero-order chi connectivity index (χ0) is 11.3. The first-order valence-corrected chi connectivity index (χ1v) is 6.21. The first-order chi connectivity index (χ1) is 7.60. The Morgan fingerprint density at radius 2 is 2.00 bits per heavy atom. The molecule has 0 radical (unpaired) electrons. The lowest BCUT2D eigenvalue weighted by Gasteiger charge is -2.36. The summed E-state index contributed by atoms with van der Waals surface area (Å²) in [5.41, 5.74) is 4.60. The third kappa shape index (κ3) is 1.17. The Balaban J connectivity index is 2.31. The van der Waals surface area contributed by atoms with Crippen molar-refractivity contribution in [3.05, 3.63) is 35.5 Å². The highest BCUT2D eigenvalue weighted by molar-refractivity contribution is 5.85. The van der Waals surface area contributed by atoms with Gasteiger partial charge in [0, 0.05) is 22.0 Å². The van der Waals surface area contributed by atoms with Crippen molar-refractivity contribution in [2.24, 2.45) is 5.92 Å². The maximum Gasteiger partial charge on any atom is 0.0459 e. The molecule has 84 valence electrons. The van der Waals surface area contributed by atoms with E-state index in [1.165, 1.54) is 29.4 Å². The van der Waals surface area contributed by atoms with Gasteiger partial charge in [-0.3, -0.25) is 0 Å². The Labute approximate surface area is 96.9 Å². The number of hydrogen-bond acceptors (Lipinski definition) is 0. The van der Waals surface area contributed by atoms with E-state index in [0.717, 1.165) is 5.92 Å². The minimum Gasteiger partial charge on any atom is -0.358 e. The maximum atomic E-state index is 3.64. The fourth-order valence-corrected chi connectivity index (χ4v) is 2.98. The third-order valence-corrected chi connectivity index (χ3v) is 4.52. The molecule has 0 fully saturated rings. The summed E-state index contributed by atoms with van der Waals surface area (Å²) >= 11 is 0. The standard InChI is InChI=1S/C15H19N/c1-10-8-9-12-11-6-4-5-7-13(11)16-14(12)15(10,2)3/h4-7,10,16H,8-9H2,1-3H3. The Kier molecular flexibility index (Phi) is 1.95. The van der Waals surface area contributed by atoms with Crippen LogP contribution in [-0.2, 0) is 11.8 Å². The average molecular weight is 213 g/mol. The quantitative estimate of drug-likeness (QED) is 0.680. The van der Waals surface area contributed by atoms with Gasteiger partial charge in [-0.1, -0.05) is 39.0 Å². The average Bonchev–Trinajstić information content (AvgIpc) is 2.64. The fraction of sp³-hybridized carbons (Fsp3) is 0.467. The lowest BCUT2D eigenvalue weighted by Crippen LogP contribution is -2.32. The van der Waals surface area contributed by atoms with Gasteiger partial charge in [-0.05, 0) is 30.4 Å². The summed E-state index contributed by atoms with van der Waals surface area (Å²) in [4.78, 5) is 3.64. The second kappa shape index (κ2) is 3.13. The second-order valence-corrected chi connectivity index (χ2v) is 5.69. The van der Waals surface area contributed by atoms with E-state index in [-0.39, 0.29) is 5.41 Å². The lowest BCUT2D eigenvalue weighted by molar-refractivity contribution is 0.297. The predicted octanol–water partition coefficient (Wildman–Crippen LogP) is 4.03. The molecule has 1 aliphatic rings. The zero-order valence-corrected chi connectivity index (χ0v) is 10.3. The predicted molar refractivity (Wildman–Crippen MR) is 68.8 cm³/mol. The van der Waals surface area contributed by atoms with Crippen molar-refractivity contribution in [2.75, 3.05) is 0 Å². The van der Waals surface area contributed by atoms with Crippen molar-refractivity contribution in [3.63, 3.8) is 0 Å². The van der Waals surface area contributed by atoms with Crippen LogP contribution in [-0.4, -0.2) is 4.98 Å². The smallest absolute Gasteiger partial charge is 0.0459 e. The Morgan fingerprint density at radius 1 is 1.25 bits per heavy atom. The van der Waals surface area contributed by atoms with Gasteiger partial charge < -0.3 is 4.98 Å². The molecular formula is C15H19N. The van der Waals surface area contributed by atoms with Gasteiger partial charge in [-0.15, -0.1) is 0 Å². The van der Waals surface area contributed by atoms with Crippen LogP contribution < -0.4 is 0 Å². The monoisotopic (exact) mass is 213 g/mol. The first-order valence-electron chi connectivity index (χ1n) is 6.21. The van der Waals surface area contributed by atoms with Crippen molar-refractivity contribution in [2.45, 2.75) is 39.0 Å². The molecule has 1 aromatic heterocycles. The molecule has 1 atom stereocenters. The van der Waals surface area contributed by atoms with Crippen LogP contribution in [0.15, 0.2) is 24.3 Å².